The number of hydrazine groups is 1. The van der Waals surface area contributed by atoms with Crippen LogP contribution < -0.4 is 16.2 Å². The molecule has 6 heteroatoms. The van der Waals surface area contributed by atoms with Crippen molar-refractivity contribution in [2.75, 3.05) is 18.0 Å². The number of amides is 1. The van der Waals surface area contributed by atoms with E-state index >= 15 is 0 Å². The van der Waals surface area contributed by atoms with Gasteiger partial charge in [-0.25, -0.2) is 10.8 Å². The van der Waals surface area contributed by atoms with Crippen LogP contribution in [0.1, 0.15) is 42.1 Å². The molecule has 0 aromatic carbocycles. The lowest BCUT2D eigenvalue weighted by Gasteiger charge is -2.30. The molecule has 1 amide bonds. The van der Waals surface area contributed by atoms with Crippen LogP contribution >= 0.6 is 11.3 Å². The summed E-state index contributed by atoms with van der Waals surface area (Å²) in [6.45, 7) is 6.32. The number of carbonyl (C=O) groups is 1. The fourth-order valence-electron chi connectivity index (χ4n) is 2.32. The highest BCUT2D eigenvalue weighted by molar-refractivity contribution is 7.17. The molecule has 2 heterocycles. The average molecular weight is 268 g/mol. The summed E-state index contributed by atoms with van der Waals surface area (Å²) in [4.78, 5) is 19.2. The zero-order valence-electron chi connectivity index (χ0n) is 10.9. The molecule has 1 fully saturated rings. The van der Waals surface area contributed by atoms with E-state index in [0.29, 0.717) is 10.8 Å². The maximum absolute atomic E-state index is 11.7. The van der Waals surface area contributed by atoms with Gasteiger partial charge in [-0.05, 0) is 25.2 Å². The van der Waals surface area contributed by atoms with Crippen LogP contribution in [0.25, 0.3) is 0 Å². The molecule has 1 unspecified atom stereocenters. The molecule has 3 N–H and O–H groups in total. The summed E-state index contributed by atoms with van der Waals surface area (Å²) in [6.07, 6.45) is 3.22. The second-order valence-electron chi connectivity index (χ2n) is 4.79. The molecule has 100 valence electrons. The van der Waals surface area contributed by atoms with Gasteiger partial charge in [-0.1, -0.05) is 25.2 Å². The molecule has 1 aromatic rings. The van der Waals surface area contributed by atoms with Gasteiger partial charge in [-0.2, -0.15) is 0 Å². The Labute approximate surface area is 111 Å². The first-order valence-electron chi connectivity index (χ1n) is 6.41. The van der Waals surface area contributed by atoms with Crippen molar-refractivity contribution in [2.45, 2.75) is 33.1 Å². The maximum Gasteiger partial charge on any atom is 0.277 e. The SMILES string of the molecule is CCc1nc(N2CCCC(C)C2)sc1C(=O)NN. The van der Waals surface area contributed by atoms with Crippen molar-refractivity contribution >= 4 is 22.4 Å². The molecule has 18 heavy (non-hydrogen) atoms. The summed E-state index contributed by atoms with van der Waals surface area (Å²) >= 11 is 1.45. The second kappa shape index (κ2) is 5.67. The van der Waals surface area contributed by atoms with E-state index in [1.165, 1.54) is 24.2 Å². The minimum absolute atomic E-state index is 0.236. The van der Waals surface area contributed by atoms with Gasteiger partial charge in [-0.15, -0.1) is 0 Å². The van der Waals surface area contributed by atoms with Crippen LogP contribution in [0.5, 0.6) is 0 Å². The Kier molecular flexibility index (Phi) is 4.19. The van der Waals surface area contributed by atoms with Gasteiger partial charge in [0.1, 0.15) is 4.88 Å². The fourth-order valence-corrected chi connectivity index (χ4v) is 3.41. The molecule has 2 rings (SSSR count). The lowest BCUT2D eigenvalue weighted by molar-refractivity contribution is 0.0956. The topological polar surface area (TPSA) is 71.2 Å². The quantitative estimate of drug-likeness (QED) is 0.495. The summed E-state index contributed by atoms with van der Waals surface area (Å²) in [5, 5.41) is 0.956. The number of rotatable bonds is 3. The third kappa shape index (κ3) is 2.64. The van der Waals surface area contributed by atoms with Gasteiger partial charge >= 0.3 is 0 Å². The van der Waals surface area contributed by atoms with Crippen molar-refractivity contribution in [1.29, 1.82) is 0 Å². The number of carbonyl (C=O) groups excluding carboxylic acids is 1. The molecular weight excluding hydrogens is 248 g/mol. The first kappa shape index (κ1) is 13.3. The van der Waals surface area contributed by atoms with E-state index in [9.17, 15) is 4.79 Å². The van der Waals surface area contributed by atoms with Gasteiger partial charge in [-0.3, -0.25) is 10.2 Å². The van der Waals surface area contributed by atoms with Gasteiger partial charge in [0.25, 0.3) is 5.91 Å². The van der Waals surface area contributed by atoms with Crippen molar-refractivity contribution < 1.29 is 4.79 Å². The van der Waals surface area contributed by atoms with Crippen LogP contribution in [-0.2, 0) is 6.42 Å². The number of anilines is 1. The molecule has 1 aliphatic heterocycles. The lowest BCUT2D eigenvalue weighted by atomic mass is 10.0. The Morgan fingerprint density at radius 1 is 1.67 bits per heavy atom. The molecule has 5 nitrogen and oxygen atoms in total. The third-order valence-corrected chi connectivity index (χ3v) is 4.44. The van der Waals surface area contributed by atoms with Gasteiger partial charge in [0.05, 0.1) is 5.69 Å². The molecule has 0 bridgehead atoms. The van der Waals surface area contributed by atoms with Crippen LogP contribution in [0.2, 0.25) is 0 Å². The highest BCUT2D eigenvalue weighted by Crippen LogP contribution is 2.30. The molecule has 1 saturated heterocycles. The molecule has 1 aromatic heterocycles. The van der Waals surface area contributed by atoms with Gasteiger partial charge < -0.3 is 4.90 Å². The van der Waals surface area contributed by atoms with E-state index in [4.69, 9.17) is 5.84 Å². The van der Waals surface area contributed by atoms with Crippen molar-refractivity contribution in [3.8, 4) is 0 Å². The molecule has 0 saturated carbocycles. The Balaban J connectivity index is 2.23. The highest BCUT2D eigenvalue weighted by atomic mass is 32.1. The normalized spacial score (nSPS) is 19.9. The zero-order valence-corrected chi connectivity index (χ0v) is 11.7. The molecule has 1 aliphatic rings. The minimum atomic E-state index is -0.236. The number of aromatic nitrogens is 1. The Morgan fingerprint density at radius 3 is 3.06 bits per heavy atom. The third-order valence-electron chi connectivity index (χ3n) is 3.29. The van der Waals surface area contributed by atoms with E-state index in [1.54, 1.807) is 0 Å². The highest BCUT2D eigenvalue weighted by Gasteiger charge is 2.23. The van der Waals surface area contributed by atoms with Gasteiger partial charge in [0.2, 0.25) is 0 Å². The zero-order chi connectivity index (χ0) is 13.1. The maximum atomic E-state index is 11.7. The van der Waals surface area contributed by atoms with Crippen molar-refractivity contribution in [2.24, 2.45) is 11.8 Å². The fraction of sp³-hybridized carbons (Fsp3) is 0.667. The monoisotopic (exact) mass is 268 g/mol. The van der Waals surface area contributed by atoms with Crippen LogP contribution in [0, 0.1) is 5.92 Å². The predicted molar refractivity (Wildman–Crippen MR) is 73.8 cm³/mol. The molecule has 1 atom stereocenters. The summed E-state index contributed by atoms with van der Waals surface area (Å²) < 4.78 is 0. The number of nitrogens with two attached hydrogens (primary N) is 1. The van der Waals surface area contributed by atoms with E-state index in [1.807, 2.05) is 6.92 Å². The van der Waals surface area contributed by atoms with E-state index in [-0.39, 0.29) is 5.91 Å². The summed E-state index contributed by atoms with van der Waals surface area (Å²) in [6, 6.07) is 0. The number of nitrogens with zero attached hydrogens (tertiary/aromatic N) is 2. The number of hydrogen-bond acceptors (Lipinski definition) is 5. The lowest BCUT2D eigenvalue weighted by Crippen LogP contribution is -2.34. The number of nitrogen functional groups attached to an aromatic ring is 1. The Bertz CT molecular complexity index is 432. The van der Waals surface area contributed by atoms with E-state index in [0.717, 1.165) is 30.3 Å². The van der Waals surface area contributed by atoms with Crippen LogP contribution in [0.15, 0.2) is 0 Å². The predicted octanol–water partition coefficient (Wildman–Crippen LogP) is 1.55. The first-order chi connectivity index (χ1) is 8.65. The van der Waals surface area contributed by atoms with Crippen molar-refractivity contribution in [3.63, 3.8) is 0 Å². The average Bonchev–Trinajstić information content (AvgIpc) is 2.82. The molecule has 0 radical (unpaired) electrons. The minimum Gasteiger partial charge on any atom is -0.348 e. The van der Waals surface area contributed by atoms with Gasteiger partial charge in [0, 0.05) is 13.1 Å². The van der Waals surface area contributed by atoms with Crippen LogP contribution in [0.3, 0.4) is 0 Å². The first-order valence-corrected chi connectivity index (χ1v) is 7.23. The number of thiazole rings is 1. The van der Waals surface area contributed by atoms with Crippen molar-refractivity contribution in [1.82, 2.24) is 10.4 Å². The number of hydrogen-bond donors (Lipinski definition) is 2. The second-order valence-corrected chi connectivity index (χ2v) is 5.77. The van der Waals surface area contributed by atoms with E-state index < -0.39 is 0 Å². The van der Waals surface area contributed by atoms with Crippen molar-refractivity contribution in [3.05, 3.63) is 10.6 Å². The number of piperidine rings is 1. The Hall–Kier alpha value is -1.14. The van der Waals surface area contributed by atoms with E-state index in [2.05, 4.69) is 22.2 Å². The smallest absolute Gasteiger partial charge is 0.277 e. The Morgan fingerprint density at radius 2 is 2.44 bits per heavy atom. The van der Waals surface area contributed by atoms with Gasteiger partial charge in [0.15, 0.2) is 5.13 Å². The molecule has 0 aliphatic carbocycles. The summed E-state index contributed by atoms with van der Waals surface area (Å²) in [5.41, 5.74) is 3.04. The standard InChI is InChI=1S/C12H20N4OS/c1-3-9-10(11(17)15-13)18-12(14-9)16-6-4-5-8(2)7-16/h8H,3-7,13H2,1-2H3,(H,15,17). The molecule has 0 spiro atoms. The summed E-state index contributed by atoms with van der Waals surface area (Å²) in [7, 11) is 0. The number of nitrogens with one attached hydrogen (secondary N) is 1. The van der Waals surface area contributed by atoms with Crippen LogP contribution in [0.4, 0.5) is 5.13 Å². The summed E-state index contributed by atoms with van der Waals surface area (Å²) in [5.74, 6) is 5.66. The number of aryl methyl sites for hydroxylation is 1. The molecular formula is C12H20N4OS. The van der Waals surface area contributed by atoms with Crippen LogP contribution in [-0.4, -0.2) is 24.0 Å². The largest absolute Gasteiger partial charge is 0.348 e.